The molecule has 6 nitrogen and oxygen atoms in total. The number of carbonyl (C=O) groups excluding carboxylic acids is 2. The summed E-state index contributed by atoms with van der Waals surface area (Å²) in [5.74, 6) is 0.00344. The average Bonchev–Trinajstić information content (AvgIpc) is 2.45. The van der Waals surface area contributed by atoms with E-state index in [4.69, 9.17) is 0 Å². The van der Waals surface area contributed by atoms with Crippen LogP contribution in [0, 0.1) is 10.1 Å². The Bertz CT molecular complexity index is 583. The van der Waals surface area contributed by atoms with Gasteiger partial charge in [0.05, 0.1) is 4.92 Å². The number of rotatable bonds is 6. The highest BCUT2D eigenvalue weighted by atomic mass is 16.6. The van der Waals surface area contributed by atoms with Crippen LogP contribution in [-0.2, 0) is 11.2 Å². The zero-order valence-electron chi connectivity index (χ0n) is 12.0. The van der Waals surface area contributed by atoms with Crippen molar-refractivity contribution in [3.63, 3.8) is 0 Å². The smallest absolute Gasteiger partial charge is 0.270 e. The molecule has 21 heavy (non-hydrogen) atoms. The predicted octanol–water partition coefficient (Wildman–Crippen LogP) is 2.35. The highest BCUT2D eigenvalue weighted by molar-refractivity contribution is 5.97. The minimum atomic E-state index is -0.487. The van der Waals surface area contributed by atoms with Gasteiger partial charge in [-0.1, -0.05) is 6.07 Å². The van der Waals surface area contributed by atoms with Gasteiger partial charge < -0.3 is 9.69 Å². The predicted molar refractivity (Wildman–Crippen MR) is 77.2 cm³/mol. The van der Waals surface area contributed by atoms with Crippen molar-refractivity contribution in [2.24, 2.45) is 0 Å². The molecule has 0 radical (unpaired) electrons. The van der Waals surface area contributed by atoms with Crippen LogP contribution in [0.15, 0.2) is 18.2 Å². The van der Waals surface area contributed by atoms with Crippen molar-refractivity contribution < 1.29 is 14.5 Å². The lowest BCUT2D eigenvalue weighted by atomic mass is 9.98. The Morgan fingerprint density at radius 1 is 1.38 bits per heavy atom. The van der Waals surface area contributed by atoms with Crippen LogP contribution >= 0.6 is 0 Å². The van der Waals surface area contributed by atoms with Crippen molar-refractivity contribution in [3.05, 3.63) is 39.4 Å². The average molecular weight is 290 g/mol. The zero-order valence-corrected chi connectivity index (χ0v) is 12.0. The first-order chi connectivity index (χ1) is 9.99. The standard InChI is InChI=1S/C15H18N2O4/c1-11(18)4-2-3-8-16-9-7-12-5-6-13(17(20)21)10-14(12)15(16)19/h5-6,10H,2-4,7-9H2,1H3. The molecule has 0 aromatic heterocycles. The first kappa shape index (κ1) is 15.2. The van der Waals surface area contributed by atoms with Gasteiger partial charge in [-0.05, 0) is 31.7 Å². The minimum Gasteiger partial charge on any atom is -0.338 e. The van der Waals surface area contributed by atoms with Crippen LogP contribution in [0.1, 0.15) is 42.1 Å². The van der Waals surface area contributed by atoms with E-state index in [0.29, 0.717) is 31.5 Å². The van der Waals surface area contributed by atoms with Gasteiger partial charge >= 0.3 is 0 Å². The number of ketones is 1. The SMILES string of the molecule is CC(=O)CCCCN1CCc2ccc([N+](=O)[O-])cc2C1=O. The van der Waals surface area contributed by atoms with Gasteiger partial charge in [0.15, 0.2) is 0 Å². The Balaban J connectivity index is 2.03. The number of nitro benzene ring substituents is 1. The summed E-state index contributed by atoms with van der Waals surface area (Å²) >= 11 is 0. The van der Waals surface area contributed by atoms with Crippen LogP contribution in [0.25, 0.3) is 0 Å². The first-order valence-corrected chi connectivity index (χ1v) is 7.05. The summed E-state index contributed by atoms with van der Waals surface area (Å²) < 4.78 is 0. The van der Waals surface area contributed by atoms with E-state index in [-0.39, 0.29) is 17.4 Å². The van der Waals surface area contributed by atoms with Crippen molar-refractivity contribution in [2.75, 3.05) is 13.1 Å². The summed E-state index contributed by atoms with van der Waals surface area (Å²) in [6.45, 7) is 2.78. The van der Waals surface area contributed by atoms with Crippen molar-refractivity contribution >= 4 is 17.4 Å². The van der Waals surface area contributed by atoms with Gasteiger partial charge in [-0.15, -0.1) is 0 Å². The van der Waals surface area contributed by atoms with Gasteiger partial charge in [0.1, 0.15) is 5.78 Å². The fourth-order valence-corrected chi connectivity index (χ4v) is 2.51. The number of hydrogen-bond donors (Lipinski definition) is 0. The molecule has 1 aromatic rings. The first-order valence-electron chi connectivity index (χ1n) is 7.05. The number of amides is 1. The van der Waals surface area contributed by atoms with Crippen molar-refractivity contribution in [2.45, 2.75) is 32.6 Å². The summed E-state index contributed by atoms with van der Waals surface area (Å²) in [4.78, 5) is 35.3. The number of nitrogens with zero attached hydrogens (tertiary/aromatic N) is 2. The number of carbonyl (C=O) groups is 2. The third-order valence-corrected chi connectivity index (χ3v) is 3.68. The summed E-state index contributed by atoms with van der Waals surface area (Å²) in [7, 11) is 0. The molecule has 6 heteroatoms. The van der Waals surface area contributed by atoms with E-state index in [2.05, 4.69) is 0 Å². The second-order valence-corrected chi connectivity index (χ2v) is 5.30. The summed E-state index contributed by atoms with van der Waals surface area (Å²) in [5, 5.41) is 10.8. The van der Waals surface area contributed by atoms with E-state index < -0.39 is 4.92 Å². The Morgan fingerprint density at radius 2 is 2.14 bits per heavy atom. The Labute approximate surface area is 122 Å². The van der Waals surface area contributed by atoms with E-state index >= 15 is 0 Å². The maximum atomic E-state index is 12.4. The monoisotopic (exact) mass is 290 g/mol. The van der Waals surface area contributed by atoms with Crippen LogP contribution in [-0.4, -0.2) is 34.6 Å². The molecule has 0 spiro atoms. The van der Waals surface area contributed by atoms with Crippen molar-refractivity contribution in [1.82, 2.24) is 4.90 Å². The molecular weight excluding hydrogens is 272 g/mol. The topological polar surface area (TPSA) is 80.5 Å². The molecule has 0 saturated carbocycles. The Kier molecular flexibility index (Phi) is 4.67. The molecule has 0 unspecified atom stereocenters. The number of unbranched alkanes of at least 4 members (excludes halogenated alkanes) is 1. The van der Waals surface area contributed by atoms with Gasteiger partial charge in [-0.25, -0.2) is 0 Å². The van der Waals surface area contributed by atoms with E-state index in [0.717, 1.165) is 18.4 Å². The van der Waals surface area contributed by atoms with Crippen LogP contribution in [0.4, 0.5) is 5.69 Å². The van der Waals surface area contributed by atoms with E-state index in [9.17, 15) is 19.7 Å². The molecule has 2 rings (SSSR count). The third kappa shape index (κ3) is 3.65. The van der Waals surface area contributed by atoms with Crippen molar-refractivity contribution in [1.29, 1.82) is 0 Å². The molecule has 0 atom stereocenters. The highest BCUT2D eigenvalue weighted by Crippen LogP contribution is 2.24. The van der Waals surface area contributed by atoms with E-state index in [1.165, 1.54) is 12.1 Å². The molecule has 0 aliphatic carbocycles. The molecule has 0 N–H and O–H groups in total. The molecule has 1 heterocycles. The summed E-state index contributed by atoms with van der Waals surface area (Å²) in [5.41, 5.74) is 1.24. The lowest BCUT2D eigenvalue weighted by Crippen LogP contribution is -2.38. The maximum Gasteiger partial charge on any atom is 0.270 e. The Morgan fingerprint density at radius 3 is 2.81 bits per heavy atom. The third-order valence-electron chi connectivity index (χ3n) is 3.68. The number of benzene rings is 1. The Hall–Kier alpha value is -2.24. The second kappa shape index (κ2) is 6.47. The number of Topliss-reactive ketones (excluding diaryl/α,β-unsaturated/α-hetero) is 1. The van der Waals surface area contributed by atoms with Gasteiger partial charge in [0.25, 0.3) is 11.6 Å². The van der Waals surface area contributed by atoms with Crippen LogP contribution in [0.5, 0.6) is 0 Å². The number of non-ortho nitro benzene ring substituents is 1. The molecule has 0 bridgehead atoms. The van der Waals surface area contributed by atoms with Gasteiger partial charge in [-0.2, -0.15) is 0 Å². The molecule has 112 valence electrons. The number of nitro groups is 1. The van der Waals surface area contributed by atoms with Gasteiger partial charge in [0, 0.05) is 37.2 Å². The molecule has 0 fully saturated rings. The minimum absolute atomic E-state index is 0.0551. The highest BCUT2D eigenvalue weighted by Gasteiger charge is 2.25. The van der Waals surface area contributed by atoms with Crippen LogP contribution in [0.3, 0.4) is 0 Å². The van der Waals surface area contributed by atoms with Gasteiger partial charge in [-0.3, -0.25) is 14.9 Å². The van der Waals surface area contributed by atoms with E-state index in [1.54, 1.807) is 17.9 Å². The normalized spacial score (nSPS) is 14.0. The lowest BCUT2D eigenvalue weighted by molar-refractivity contribution is -0.384. The zero-order chi connectivity index (χ0) is 15.4. The second-order valence-electron chi connectivity index (χ2n) is 5.30. The largest absolute Gasteiger partial charge is 0.338 e. The van der Waals surface area contributed by atoms with Crippen molar-refractivity contribution in [3.8, 4) is 0 Å². The molecular formula is C15H18N2O4. The number of hydrogen-bond acceptors (Lipinski definition) is 4. The summed E-state index contributed by atoms with van der Waals surface area (Å²) in [6.07, 6.45) is 2.78. The quantitative estimate of drug-likeness (QED) is 0.457. The molecule has 1 aliphatic rings. The number of fused-ring (bicyclic) bond motifs is 1. The van der Waals surface area contributed by atoms with Crippen LogP contribution < -0.4 is 0 Å². The molecule has 0 saturated heterocycles. The van der Waals surface area contributed by atoms with Crippen LogP contribution in [0.2, 0.25) is 0 Å². The van der Waals surface area contributed by atoms with Gasteiger partial charge in [0.2, 0.25) is 0 Å². The fourth-order valence-electron chi connectivity index (χ4n) is 2.51. The molecule has 1 aromatic carbocycles. The lowest BCUT2D eigenvalue weighted by Gasteiger charge is -2.28. The van der Waals surface area contributed by atoms with E-state index in [1.807, 2.05) is 0 Å². The maximum absolute atomic E-state index is 12.4. The molecule has 1 amide bonds. The molecule has 1 aliphatic heterocycles. The summed E-state index contributed by atoms with van der Waals surface area (Å²) in [6, 6.07) is 4.46. The fraction of sp³-hybridized carbons (Fsp3) is 0.467.